The third-order valence-corrected chi connectivity index (χ3v) is 3.79. The van der Waals surface area contributed by atoms with E-state index in [1.807, 2.05) is 19.1 Å². The molecular weight excluding hydrogens is 308 g/mol. The Labute approximate surface area is 138 Å². The van der Waals surface area contributed by atoms with Gasteiger partial charge in [-0.1, -0.05) is 12.1 Å². The Kier molecular flexibility index (Phi) is 4.33. The van der Waals surface area contributed by atoms with Gasteiger partial charge in [-0.2, -0.15) is 0 Å². The standard InChI is InChI=1S/C17H18N4O3/c1-12-6-7-13(16(22)24-2)11-14(12)18-8-10-21-17(23)20-9-4-3-5-15(20)19-21/h3-7,9,11,18H,8,10H2,1-2H3. The molecule has 2 aromatic heterocycles. The van der Waals surface area contributed by atoms with Crippen molar-refractivity contribution in [2.45, 2.75) is 13.5 Å². The van der Waals surface area contributed by atoms with E-state index in [1.54, 1.807) is 30.5 Å². The first-order valence-electron chi connectivity index (χ1n) is 7.57. The van der Waals surface area contributed by atoms with Gasteiger partial charge in [0.25, 0.3) is 0 Å². The number of carbonyl (C=O) groups is 1. The highest BCUT2D eigenvalue weighted by molar-refractivity contribution is 5.90. The lowest BCUT2D eigenvalue weighted by atomic mass is 10.1. The first kappa shape index (κ1) is 15.8. The maximum Gasteiger partial charge on any atom is 0.350 e. The predicted molar refractivity (Wildman–Crippen MR) is 90.5 cm³/mol. The number of fused-ring (bicyclic) bond motifs is 1. The van der Waals surface area contributed by atoms with E-state index in [0.717, 1.165) is 11.3 Å². The fraction of sp³-hybridized carbons (Fsp3) is 0.235. The van der Waals surface area contributed by atoms with Gasteiger partial charge in [-0.3, -0.25) is 4.40 Å². The number of carbonyl (C=O) groups excluding carboxylic acids is 1. The number of rotatable bonds is 5. The second-order valence-electron chi connectivity index (χ2n) is 5.38. The Morgan fingerprint density at radius 1 is 1.29 bits per heavy atom. The van der Waals surface area contributed by atoms with Crippen LogP contribution < -0.4 is 11.0 Å². The molecule has 3 rings (SSSR count). The molecule has 3 aromatic rings. The van der Waals surface area contributed by atoms with Gasteiger partial charge in [0, 0.05) is 18.4 Å². The molecule has 0 saturated heterocycles. The van der Waals surface area contributed by atoms with Crippen molar-refractivity contribution in [1.29, 1.82) is 0 Å². The smallest absolute Gasteiger partial charge is 0.350 e. The van der Waals surface area contributed by atoms with E-state index in [0.29, 0.717) is 24.3 Å². The summed E-state index contributed by atoms with van der Waals surface area (Å²) in [5.41, 5.74) is 2.76. The predicted octanol–water partition coefficient (Wildman–Crippen LogP) is 1.70. The zero-order valence-corrected chi connectivity index (χ0v) is 13.5. The molecule has 0 fully saturated rings. The third kappa shape index (κ3) is 3.01. The minimum absolute atomic E-state index is 0.174. The maximum atomic E-state index is 12.2. The van der Waals surface area contributed by atoms with Crippen molar-refractivity contribution in [1.82, 2.24) is 14.2 Å². The molecule has 7 nitrogen and oxygen atoms in total. The highest BCUT2D eigenvalue weighted by Gasteiger charge is 2.09. The molecule has 2 heterocycles. The number of aryl methyl sites for hydroxylation is 1. The van der Waals surface area contributed by atoms with Gasteiger partial charge >= 0.3 is 11.7 Å². The van der Waals surface area contributed by atoms with Crippen molar-refractivity contribution in [2.75, 3.05) is 19.0 Å². The van der Waals surface area contributed by atoms with Crippen LogP contribution in [0.25, 0.3) is 5.65 Å². The Morgan fingerprint density at radius 3 is 2.88 bits per heavy atom. The molecular formula is C17H18N4O3. The highest BCUT2D eigenvalue weighted by Crippen LogP contribution is 2.17. The minimum Gasteiger partial charge on any atom is -0.465 e. The SMILES string of the molecule is COC(=O)c1ccc(C)c(NCCn2nc3ccccn3c2=O)c1. The average Bonchev–Trinajstić information content (AvgIpc) is 2.92. The van der Waals surface area contributed by atoms with Gasteiger partial charge in [-0.25, -0.2) is 14.3 Å². The number of esters is 1. The average molecular weight is 326 g/mol. The zero-order chi connectivity index (χ0) is 17.1. The van der Waals surface area contributed by atoms with Crippen molar-refractivity contribution in [3.8, 4) is 0 Å². The summed E-state index contributed by atoms with van der Waals surface area (Å²) in [5.74, 6) is -0.380. The molecule has 0 amide bonds. The molecule has 0 spiro atoms. The Bertz CT molecular complexity index is 942. The van der Waals surface area contributed by atoms with E-state index in [9.17, 15) is 9.59 Å². The number of nitrogens with zero attached hydrogens (tertiary/aromatic N) is 3. The number of hydrogen-bond donors (Lipinski definition) is 1. The van der Waals surface area contributed by atoms with Gasteiger partial charge in [-0.15, -0.1) is 5.10 Å². The number of benzene rings is 1. The van der Waals surface area contributed by atoms with Crippen LogP contribution >= 0.6 is 0 Å². The molecule has 7 heteroatoms. The fourth-order valence-electron chi connectivity index (χ4n) is 2.47. The third-order valence-electron chi connectivity index (χ3n) is 3.79. The van der Waals surface area contributed by atoms with Gasteiger partial charge in [0.2, 0.25) is 0 Å². The summed E-state index contributed by atoms with van der Waals surface area (Å²) in [6.07, 6.45) is 1.69. The largest absolute Gasteiger partial charge is 0.465 e. The molecule has 0 radical (unpaired) electrons. The second-order valence-corrected chi connectivity index (χ2v) is 5.38. The molecule has 1 aromatic carbocycles. The monoisotopic (exact) mass is 326 g/mol. The van der Waals surface area contributed by atoms with Crippen LogP contribution in [0, 0.1) is 6.92 Å². The highest BCUT2D eigenvalue weighted by atomic mass is 16.5. The van der Waals surface area contributed by atoms with E-state index >= 15 is 0 Å². The Balaban J connectivity index is 1.73. The number of methoxy groups -OCH3 is 1. The van der Waals surface area contributed by atoms with Crippen LogP contribution in [0.5, 0.6) is 0 Å². The summed E-state index contributed by atoms with van der Waals surface area (Å²) in [6, 6.07) is 10.7. The topological polar surface area (TPSA) is 77.6 Å². The molecule has 0 bridgehead atoms. The van der Waals surface area contributed by atoms with Crippen molar-refractivity contribution in [3.63, 3.8) is 0 Å². The van der Waals surface area contributed by atoms with E-state index in [1.165, 1.54) is 16.2 Å². The van der Waals surface area contributed by atoms with Crippen molar-refractivity contribution in [3.05, 3.63) is 64.2 Å². The second kappa shape index (κ2) is 6.57. The van der Waals surface area contributed by atoms with Gasteiger partial charge in [-0.05, 0) is 36.8 Å². The number of anilines is 1. The molecule has 1 N–H and O–H groups in total. The molecule has 124 valence electrons. The normalized spacial score (nSPS) is 10.8. The van der Waals surface area contributed by atoms with Crippen LogP contribution in [-0.4, -0.2) is 33.8 Å². The van der Waals surface area contributed by atoms with Gasteiger partial charge in [0.05, 0.1) is 19.2 Å². The van der Waals surface area contributed by atoms with Crippen LogP contribution in [0.2, 0.25) is 0 Å². The van der Waals surface area contributed by atoms with E-state index < -0.39 is 0 Å². The lowest BCUT2D eigenvalue weighted by molar-refractivity contribution is 0.0601. The fourth-order valence-corrected chi connectivity index (χ4v) is 2.47. The minimum atomic E-state index is -0.380. The molecule has 0 aliphatic heterocycles. The number of pyridine rings is 1. The van der Waals surface area contributed by atoms with Crippen molar-refractivity contribution in [2.24, 2.45) is 0 Å². The molecule has 0 aliphatic carbocycles. The number of ether oxygens (including phenoxy) is 1. The van der Waals surface area contributed by atoms with E-state index in [4.69, 9.17) is 4.74 Å². The number of aromatic nitrogens is 3. The molecule has 24 heavy (non-hydrogen) atoms. The first-order chi connectivity index (χ1) is 11.6. The molecule has 0 aliphatic rings. The summed E-state index contributed by atoms with van der Waals surface area (Å²) in [5, 5.41) is 7.51. The van der Waals surface area contributed by atoms with E-state index in [-0.39, 0.29) is 11.7 Å². The summed E-state index contributed by atoms with van der Waals surface area (Å²) in [6.45, 7) is 2.87. The Hall–Kier alpha value is -3.09. The van der Waals surface area contributed by atoms with Crippen LogP contribution in [0.1, 0.15) is 15.9 Å². The van der Waals surface area contributed by atoms with E-state index in [2.05, 4.69) is 10.4 Å². The van der Waals surface area contributed by atoms with Crippen LogP contribution in [-0.2, 0) is 11.3 Å². The van der Waals surface area contributed by atoms with Crippen LogP contribution in [0.4, 0.5) is 5.69 Å². The lowest BCUT2D eigenvalue weighted by Crippen LogP contribution is -2.24. The summed E-state index contributed by atoms with van der Waals surface area (Å²) in [4.78, 5) is 23.8. The Morgan fingerprint density at radius 2 is 2.12 bits per heavy atom. The molecule has 0 saturated carbocycles. The van der Waals surface area contributed by atoms with Crippen LogP contribution in [0.3, 0.4) is 0 Å². The zero-order valence-electron chi connectivity index (χ0n) is 13.5. The van der Waals surface area contributed by atoms with Gasteiger partial charge < -0.3 is 10.1 Å². The van der Waals surface area contributed by atoms with Crippen LogP contribution in [0.15, 0.2) is 47.4 Å². The number of nitrogens with one attached hydrogen (secondary N) is 1. The lowest BCUT2D eigenvalue weighted by Gasteiger charge is -2.10. The summed E-state index contributed by atoms with van der Waals surface area (Å²) in [7, 11) is 1.35. The first-order valence-corrected chi connectivity index (χ1v) is 7.57. The van der Waals surface area contributed by atoms with Crippen molar-refractivity contribution < 1.29 is 9.53 Å². The molecule has 0 atom stereocenters. The summed E-state index contributed by atoms with van der Waals surface area (Å²) >= 11 is 0. The summed E-state index contributed by atoms with van der Waals surface area (Å²) < 4.78 is 7.65. The van der Waals surface area contributed by atoms with Gasteiger partial charge in [0.15, 0.2) is 5.65 Å². The molecule has 0 unspecified atom stereocenters. The van der Waals surface area contributed by atoms with Gasteiger partial charge in [0.1, 0.15) is 0 Å². The number of hydrogen-bond acceptors (Lipinski definition) is 5. The quantitative estimate of drug-likeness (QED) is 0.722. The maximum absolute atomic E-state index is 12.2. The van der Waals surface area contributed by atoms with Crippen molar-refractivity contribution >= 4 is 17.3 Å².